The number of aliphatic hydroxyl groups is 1. The molecule has 2 atom stereocenters. The van der Waals surface area contributed by atoms with Gasteiger partial charge in [-0.25, -0.2) is 0 Å². The highest BCUT2D eigenvalue weighted by Gasteiger charge is 2.16. The zero-order valence-electron chi connectivity index (χ0n) is 18.2. The van der Waals surface area contributed by atoms with Gasteiger partial charge < -0.3 is 23.5 Å². The van der Waals surface area contributed by atoms with E-state index in [0.717, 1.165) is 19.3 Å². The van der Waals surface area contributed by atoms with E-state index in [1.165, 1.54) is 51.4 Å². The minimum atomic E-state index is -4.28. The summed E-state index contributed by atoms with van der Waals surface area (Å²) in [6.45, 7) is 2.86. The Morgan fingerprint density at radius 1 is 0.926 bits per heavy atom. The van der Waals surface area contributed by atoms with Crippen molar-refractivity contribution in [3.8, 4) is 0 Å². The van der Waals surface area contributed by atoms with Crippen LogP contribution < -0.4 is 4.89 Å². The van der Waals surface area contributed by atoms with E-state index in [4.69, 9.17) is 9.05 Å². The summed E-state index contributed by atoms with van der Waals surface area (Å²) < 4.78 is 22.2. The van der Waals surface area contributed by atoms with E-state index in [-0.39, 0.29) is 25.7 Å². The van der Waals surface area contributed by atoms with Gasteiger partial charge in [0, 0.05) is 12.5 Å². The lowest BCUT2D eigenvalue weighted by molar-refractivity contribution is -0.870. The van der Waals surface area contributed by atoms with Crippen molar-refractivity contribution < 1.29 is 28.1 Å². The molecule has 0 bridgehead atoms. The second-order valence-corrected chi connectivity index (χ2v) is 10.0. The standard InChI is InChI=1S/C20H44NO5P/c1-5-6-7-8-9-10-11-12-13-14-15-20(18-22)19-26-27(23,24)25-17-16-21(2,3)4/h20,22H,5-19H2,1-4H3. The molecule has 0 fully saturated rings. The first-order valence-corrected chi connectivity index (χ1v) is 12.2. The maximum atomic E-state index is 11.8. The van der Waals surface area contributed by atoms with Gasteiger partial charge in [-0.3, -0.25) is 4.57 Å². The first-order valence-electron chi connectivity index (χ1n) is 10.7. The largest absolute Gasteiger partial charge is 0.756 e. The van der Waals surface area contributed by atoms with E-state index in [1.807, 2.05) is 21.1 Å². The molecule has 0 aromatic heterocycles. The smallest absolute Gasteiger partial charge is 0.268 e. The predicted octanol–water partition coefficient (Wildman–Crippen LogP) is 4.11. The van der Waals surface area contributed by atoms with E-state index in [9.17, 15) is 14.6 Å². The average molecular weight is 410 g/mol. The Hall–Kier alpha value is 0.0300. The Kier molecular flexibility index (Phi) is 15.9. The summed E-state index contributed by atoms with van der Waals surface area (Å²) in [5.41, 5.74) is 0. The molecule has 0 rings (SSSR count). The van der Waals surface area contributed by atoms with E-state index in [0.29, 0.717) is 11.0 Å². The first-order chi connectivity index (χ1) is 12.7. The van der Waals surface area contributed by atoms with Crippen LogP contribution >= 0.6 is 7.82 Å². The summed E-state index contributed by atoms with van der Waals surface area (Å²) >= 11 is 0. The molecule has 0 aliphatic heterocycles. The van der Waals surface area contributed by atoms with Crippen molar-refractivity contribution in [2.75, 3.05) is 47.5 Å². The quantitative estimate of drug-likeness (QED) is 0.197. The lowest BCUT2D eigenvalue weighted by atomic mass is 10.0. The fraction of sp³-hybridized carbons (Fsp3) is 1.00. The average Bonchev–Trinajstić information content (AvgIpc) is 2.57. The van der Waals surface area contributed by atoms with Crippen molar-refractivity contribution in [2.45, 2.75) is 77.6 Å². The lowest BCUT2D eigenvalue weighted by Crippen LogP contribution is -2.37. The van der Waals surface area contributed by atoms with Crippen LogP contribution in [0.5, 0.6) is 0 Å². The Balaban J connectivity index is 3.72. The van der Waals surface area contributed by atoms with Gasteiger partial charge in [0.1, 0.15) is 13.2 Å². The van der Waals surface area contributed by atoms with Gasteiger partial charge in [0.15, 0.2) is 0 Å². The van der Waals surface area contributed by atoms with Gasteiger partial charge in [0.2, 0.25) is 0 Å². The number of likely N-dealkylation sites (N-methyl/N-ethyl adjacent to an activating group) is 1. The van der Waals surface area contributed by atoms with E-state index in [2.05, 4.69) is 6.92 Å². The van der Waals surface area contributed by atoms with E-state index < -0.39 is 7.82 Å². The third-order valence-electron chi connectivity index (χ3n) is 4.70. The summed E-state index contributed by atoms with van der Waals surface area (Å²) in [7, 11) is 1.62. The molecule has 0 aliphatic rings. The highest BCUT2D eigenvalue weighted by molar-refractivity contribution is 7.45. The topological polar surface area (TPSA) is 78.8 Å². The minimum absolute atomic E-state index is 0.000911. The highest BCUT2D eigenvalue weighted by atomic mass is 31.2. The third-order valence-corrected chi connectivity index (χ3v) is 5.67. The van der Waals surface area contributed by atoms with Gasteiger partial charge in [0.25, 0.3) is 7.82 Å². The van der Waals surface area contributed by atoms with Crippen LogP contribution in [0.25, 0.3) is 0 Å². The number of hydrogen-bond donors (Lipinski definition) is 1. The highest BCUT2D eigenvalue weighted by Crippen LogP contribution is 2.38. The number of quaternary nitrogens is 1. The maximum Gasteiger partial charge on any atom is 0.268 e. The zero-order chi connectivity index (χ0) is 20.6. The molecule has 0 radical (unpaired) electrons. The van der Waals surface area contributed by atoms with Crippen LogP contribution in [0.4, 0.5) is 0 Å². The molecule has 0 heterocycles. The summed E-state index contributed by atoms with van der Waals surface area (Å²) in [6.07, 6.45) is 13.4. The molecule has 7 heteroatoms. The third kappa shape index (κ3) is 19.1. The monoisotopic (exact) mass is 409 g/mol. The maximum absolute atomic E-state index is 11.8. The number of unbranched alkanes of at least 4 members (excludes halogenated alkanes) is 9. The number of aliphatic hydroxyl groups excluding tert-OH is 1. The number of nitrogens with zero attached hydrogens (tertiary/aromatic N) is 1. The molecule has 164 valence electrons. The molecule has 0 aromatic carbocycles. The van der Waals surface area contributed by atoms with Gasteiger partial charge in [-0.15, -0.1) is 0 Å². The van der Waals surface area contributed by atoms with E-state index >= 15 is 0 Å². The second-order valence-electron chi connectivity index (χ2n) is 8.61. The lowest BCUT2D eigenvalue weighted by Gasteiger charge is -2.28. The Morgan fingerprint density at radius 2 is 1.44 bits per heavy atom. The molecular formula is C20H44NO5P. The zero-order valence-corrected chi connectivity index (χ0v) is 19.1. The molecule has 1 N–H and O–H groups in total. The second kappa shape index (κ2) is 15.9. The van der Waals surface area contributed by atoms with Gasteiger partial charge in [-0.2, -0.15) is 0 Å². The minimum Gasteiger partial charge on any atom is -0.756 e. The molecule has 0 amide bonds. The number of hydrogen-bond acceptors (Lipinski definition) is 5. The Bertz CT molecular complexity index is 387. The van der Waals surface area contributed by atoms with Crippen LogP contribution in [0.2, 0.25) is 0 Å². The van der Waals surface area contributed by atoms with Crippen molar-refractivity contribution in [3.05, 3.63) is 0 Å². The Labute approximate surface area is 167 Å². The predicted molar refractivity (Wildman–Crippen MR) is 109 cm³/mol. The molecule has 6 nitrogen and oxygen atoms in total. The molecule has 0 aliphatic carbocycles. The van der Waals surface area contributed by atoms with Gasteiger partial charge >= 0.3 is 0 Å². The van der Waals surface area contributed by atoms with Crippen LogP contribution in [0, 0.1) is 5.92 Å². The van der Waals surface area contributed by atoms with E-state index in [1.54, 1.807) is 0 Å². The summed E-state index contributed by atoms with van der Waals surface area (Å²) in [4.78, 5) is 11.8. The summed E-state index contributed by atoms with van der Waals surface area (Å²) in [5.74, 6) is -0.150. The van der Waals surface area contributed by atoms with Gasteiger partial charge in [-0.1, -0.05) is 71.1 Å². The molecule has 0 spiro atoms. The van der Waals surface area contributed by atoms with Crippen molar-refractivity contribution >= 4 is 7.82 Å². The van der Waals surface area contributed by atoms with Crippen LogP contribution in [-0.2, 0) is 13.6 Å². The molecule has 0 aromatic rings. The number of phosphoric ester groups is 1. The van der Waals surface area contributed by atoms with Crippen molar-refractivity contribution in [2.24, 2.45) is 5.92 Å². The van der Waals surface area contributed by atoms with Crippen molar-refractivity contribution in [1.29, 1.82) is 0 Å². The SMILES string of the molecule is CCCCCCCCCCCCC(CO)COP(=O)([O-])OCC[N+](C)(C)C. The number of rotatable bonds is 19. The first kappa shape index (κ1) is 27.0. The van der Waals surface area contributed by atoms with Gasteiger partial charge in [0.05, 0.1) is 27.7 Å². The fourth-order valence-electron chi connectivity index (χ4n) is 2.81. The molecule has 0 saturated heterocycles. The molecule has 0 saturated carbocycles. The van der Waals surface area contributed by atoms with Gasteiger partial charge in [-0.05, 0) is 6.42 Å². The van der Waals surface area contributed by atoms with Crippen LogP contribution in [0.3, 0.4) is 0 Å². The van der Waals surface area contributed by atoms with Crippen LogP contribution in [0.1, 0.15) is 77.6 Å². The summed E-state index contributed by atoms with van der Waals surface area (Å²) in [5, 5.41) is 9.43. The molecule has 2 unspecified atom stereocenters. The molecule has 27 heavy (non-hydrogen) atoms. The van der Waals surface area contributed by atoms with Crippen LogP contribution in [-0.4, -0.2) is 57.1 Å². The fourth-order valence-corrected chi connectivity index (χ4v) is 3.58. The van der Waals surface area contributed by atoms with Crippen molar-refractivity contribution in [3.63, 3.8) is 0 Å². The summed E-state index contributed by atoms with van der Waals surface area (Å²) in [6, 6.07) is 0. The molecular weight excluding hydrogens is 365 g/mol. The van der Waals surface area contributed by atoms with Crippen molar-refractivity contribution in [1.82, 2.24) is 0 Å². The Morgan fingerprint density at radius 3 is 1.93 bits per heavy atom. The normalized spacial score (nSPS) is 15.6. The van der Waals surface area contributed by atoms with Crippen LogP contribution in [0.15, 0.2) is 0 Å². The number of phosphoric acid groups is 1.